The van der Waals surface area contributed by atoms with Crippen LogP contribution in [-0.2, 0) is 17.8 Å². The molecule has 0 aliphatic carbocycles. The van der Waals surface area contributed by atoms with E-state index in [0.717, 1.165) is 44.3 Å². The van der Waals surface area contributed by atoms with Crippen LogP contribution in [0.1, 0.15) is 30.9 Å². The lowest BCUT2D eigenvalue weighted by Gasteiger charge is -2.13. The first-order chi connectivity index (χ1) is 9.02. The summed E-state index contributed by atoms with van der Waals surface area (Å²) in [5, 5.41) is 3.42. The van der Waals surface area contributed by atoms with Crippen LogP contribution in [-0.4, -0.2) is 38.8 Å². The normalized spacial score (nSPS) is 11.7. The van der Waals surface area contributed by atoms with Gasteiger partial charge in [-0.1, -0.05) is 13.8 Å². The minimum atomic E-state index is 0.662. The molecule has 0 saturated heterocycles. The van der Waals surface area contributed by atoms with E-state index in [2.05, 4.69) is 44.1 Å². The molecule has 1 rings (SSSR count). The molecule has 1 aromatic heterocycles. The van der Waals surface area contributed by atoms with Crippen LogP contribution >= 0.6 is 0 Å². The van der Waals surface area contributed by atoms with Crippen LogP contribution in [0.15, 0.2) is 10.5 Å². The Bertz CT molecular complexity index is 361. The van der Waals surface area contributed by atoms with Crippen molar-refractivity contribution in [3.63, 3.8) is 0 Å². The van der Waals surface area contributed by atoms with E-state index in [1.807, 2.05) is 0 Å². The van der Waals surface area contributed by atoms with Gasteiger partial charge in [-0.2, -0.15) is 0 Å². The lowest BCUT2D eigenvalue weighted by Crippen LogP contribution is -2.22. The van der Waals surface area contributed by atoms with Gasteiger partial charge in [0.1, 0.15) is 11.5 Å². The van der Waals surface area contributed by atoms with Gasteiger partial charge in [-0.15, -0.1) is 0 Å². The molecule has 0 saturated carbocycles. The molecule has 0 radical (unpaired) electrons. The summed E-state index contributed by atoms with van der Waals surface area (Å²) in [5.74, 6) is 2.74. The van der Waals surface area contributed by atoms with Crippen molar-refractivity contribution in [3.8, 4) is 0 Å². The predicted octanol–water partition coefficient (Wildman–Crippen LogP) is 2.41. The van der Waals surface area contributed by atoms with Crippen LogP contribution in [0.3, 0.4) is 0 Å². The average Bonchev–Trinajstić information content (AvgIpc) is 2.66. The number of aryl methyl sites for hydroxylation is 1. The third-order valence-electron chi connectivity index (χ3n) is 3.01. The first-order valence-corrected chi connectivity index (χ1v) is 6.99. The van der Waals surface area contributed by atoms with Gasteiger partial charge in [-0.05, 0) is 38.1 Å². The molecule has 19 heavy (non-hydrogen) atoms. The van der Waals surface area contributed by atoms with Crippen molar-refractivity contribution in [1.82, 2.24) is 10.2 Å². The van der Waals surface area contributed by atoms with Crippen LogP contribution in [0.2, 0.25) is 0 Å². The van der Waals surface area contributed by atoms with Crippen LogP contribution < -0.4 is 5.32 Å². The Balaban J connectivity index is 2.44. The zero-order valence-electron chi connectivity index (χ0n) is 13.0. The summed E-state index contributed by atoms with van der Waals surface area (Å²) in [5.41, 5.74) is 1.23. The highest BCUT2D eigenvalue weighted by Gasteiger charge is 2.09. The molecule has 0 amide bonds. The Morgan fingerprint density at radius 3 is 2.79 bits per heavy atom. The summed E-state index contributed by atoms with van der Waals surface area (Å²) in [4.78, 5) is 2.20. The number of nitrogens with one attached hydrogen (secondary N) is 1. The molecule has 1 N–H and O–H groups in total. The van der Waals surface area contributed by atoms with E-state index in [1.54, 1.807) is 7.11 Å². The van der Waals surface area contributed by atoms with Gasteiger partial charge in [0.15, 0.2) is 0 Å². The lowest BCUT2D eigenvalue weighted by atomic mass is 10.2. The molecule has 0 fully saturated rings. The third-order valence-corrected chi connectivity index (χ3v) is 3.01. The quantitative estimate of drug-likeness (QED) is 0.746. The maximum absolute atomic E-state index is 5.90. The second-order valence-electron chi connectivity index (χ2n) is 5.57. The average molecular weight is 268 g/mol. The molecule has 0 aliphatic heterocycles. The molecule has 4 nitrogen and oxygen atoms in total. The zero-order valence-corrected chi connectivity index (χ0v) is 13.0. The number of hydrogen-bond donors (Lipinski definition) is 1. The summed E-state index contributed by atoms with van der Waals surface area (Å²) in [7, 11) is 3.80. The van der Waals surface area contributed by atoms with E-state index >= 15 is 0 Å². The molecule has 4 heteroatoms. The Morgan fingerprint density at radius 1 is 1.42 bits per heavy atom. The van der Waals surface area contributed by atoms with Crippen LogP contribution in [0.25, 0.3) is 0 Å². The SMILES string of the molecule is COCCN(C)Cc1cc(C)c(CNCC(C)C)o1. The first kappa shape index (κ1) is 16.2. The van der Waals surface area contributed by atoms with Crippen molar-refractivity contribution in [1.29, 1.82) is 0 Å². The Hall–Kier alpha value is -0.840. The second-order valence-corrected chi connectivity index (χ2v) is 5.57. The highest BCUT2D eigenvalue weighted by molar-refractivity contribution is 5.20. The fraction of sp³-hybridized carbons (Fsp3) is 0.733. The topological polar surface area (TPSA) is 37.6 Å². The minimum absolute atomic E-state index is 0.662. The smallest absolute Gasteiger partial charge is 0.120 e. The molecule has 0 bridgehead atoms. The third kappa shape index (κ3) is 6.23. The number of likely N-dealkylation sites (N-methyl/N-ethyl adjacent to an activating group) is 1. The van der Waals surface area contributed by atoms with E-state index in [0.29, 0.717) is 5.92 Å². The Kier molecular flexibility index (Phi) is 7.13. The van der Waals surface area contributed by atoms with Crippen molar-refractivity contribution in [3.05, 3.63) is 23.2 Å². The van der Waals surface area contributed by atoms with E-state index < -0.39 is 0 Å². The predicted molar refractivity (Wildman–Crippen MR) is 78.2 cm³/mol. The van der Waals surface area contributed by atoms with Gasteiger partial charge in [0.05, 0.1) is 19.7 Å². The van der Waals surface area contributed by atoms with E-state index in [4.69, 9.17) is 9.15 Å². The van der Waals surface area contributed by atoms with Crippen LogP contribution in [0.4, 0.5) is 0 Å². The molecule has 0 aromatic carbocycles. The van der Waals surface area contributed by atoms with Gasteiger partial charge in [0.2, 0.25) is 0 Å². The maximum Gasteiger partial charge on any atom is 0.120 e. The summed E-state index contributed by atoms with van der Waals surface area (Å²) >= 11 is 0. The Morgan fingerprint density at radius 2 is 2.16 bits per heavy atom. The van der Waals surface area contributed by atoms with Crippen molar-refractivity contribution >= 4 is 0 Å². The fourth-order valence-electron chi connectivity index (χ4n) is 1.91. The lowest BCUT2D eigenvalue weighted by molar-refractivity contribution is 0.154. The molecule has 0 atom stereocenters. The van der Waals surface area contributed by atoms with Crippen LogP contribution in [0.5, 0.6) is 0 Å². The molecule has 0 unspecified atom stereocenters. The molecular formula is C15H28N2O2. The molecule has 0 spiro atoms. The second kappa shape index (κ2) is 8.35. The molecule has 110 valence electrons. The standard InChI is InChI=1S/C15H28N2O2/c1-12(2)9-16-10-15-13(3)8-14(19-15)11-17(4)6-7-18-5/h8,12,16H,6-7,9-11H2,1-5H3. The van der Waals surface area contributed by atoms with Gasteiger partial charge >= 0.3 is 0 Å². The van der Waals surface area contributed by atoms with Gasteiger partial charge in [0, 0.05) is 13.7 Å². The number of methoxy groups -OCH3 is 1. The van der Waals surface area contributed by atoms with Gasteiger partial charge < -0.3 is 14.5 Å². The monoisotopic (exact) mass is 268 g/mol. The van der Waals surface area contributed by atoms with Crippen molar-refractivity contribution in [2.75, 3.05) is 33.9 Å². The summed E-state index contributed by atoms with van der Waals surface area (Å²) < 4.78 is 11.0. The Labute approximate surface area is 117 Å². The van der Waals surface area contributed by atoms with Gasteiger partial charge in [-0.25, -0.2) is 0 Å². The molecule has 0 aliphatic rings. The summed E-state index contributed by atoms with van der Waals surface area (Å²) in [6.45, 7) is 10.8. The zero-order chi connectivity index (χ0) is 14.3. The minimum Gasteiger partial charge on any atom is -0.463 e. The van der Waals surface area contributed by atoms with Crippen LogP contribution in [0, 0.1) is 12.8 Å². The maximum atomic E-state index is 5.90. The molecule has 1 heterocycles. The molecule has 1 aromatic rings. The summed E-state index contributed by atoms with van der Waals surface area (Å²) in [6.07, 6.45) is 0. The number of furan rings is 1. The van der Waals surface area contributed by atoms with Crippen molar-refractivity contribution in [2.45, 2.75) is 33.9 Å². The molecular weight excluding hydrogens is 240 g/mol. The number of hydrogen-bond acceptors (Lipinski definition) is 4. The van der Waals surface area contributed by atoms with E-state index in [1.165, 1.54) is 5.56 Å². The van der Waals surface area contributed by atoms with Gasteiger partial charge in [-0.3, -0.25) is 4.90 Å². The van der Waals surface area contributed by atoms with Crippen molar-refractivity contribution in [2.24, 2.45) is 5.92 Å². The largest absolute Gasteiger partial charge is 0.463 e. The fourth-order valence-corrected chi connectivity index (χ4v) is 1.91. The van der Waals surface area contributed by atoms with Crippen molar-refractivity contribution < 1.29 is 9.15 Å². The number of rotatable bonds is 9. The van der Waals surface area contributed by atoms with E-state index in [-0.39, 0.29) is 0 Å². The first-order valence-electron chi connectivity index (χ1n) is 6.99. The van der Waals surface area contributed by atoms with Gasteiger partial charge in [0.25, 0.3) is 0 Å². The number of nitrogens with zero attached hydrogens (tertiary/aromatic N) is 1. The highest BCUT2D eigenvalue weighted by atomic mass is 16.5. The number of ether oxygens (including phenoxy) is 1. The summed E-state index contributed by atoms with van der Waals surface area (Å²) in [6, 6.07) is 2.13. The highest BCUT2D eigenvalue weighted by Crippen LogP contribution is 2.16. The van der Waals surface area contributed by atoms with E-state index in [9.17, 15) is 0 Å².